The fraction of sp³-hybridized carbons (Fsp3) is 0.667. The van der Waals surface area contributed by atoms with Crippen molar-refractivity contribution in [2.24, 2.45) is 0 Å². The van der Waals surface area contributed by atoms with Crippen LogP contribution in [0, 0.1) is 0 Å². The molecule has 1 aliphatic heterocycles. The number of thiophene rings is 1. The highest BCUT2D eigenvalue weighted by molar-refractivity contribution is 7.16. The van der Waals surface area contributed by atoms with Gasteiger partial charge in [0.1, 0.15) is 0 Å². The van der Waals surface area contributed by atoms with Crippen LogP contribution >= 0.6 is 22.9 Å². The molecule has 0 radical (unpaired) electrons. The molecule has 22 heavy (non-hydrogen) atoms. The van der Waals surface area contributed by atoms with Gasteiger partial charge in [-0.1, -0.05) is 11.6 Å². The average Bonchev–Trinajstić information content (AvgIpc) is 2.89. The maximum Gasteiger partial charge on any atom is 0.467 e. The molecule has 0 saturated carbocycles. The van der Waals surface area contributed by atoms with E-state index in [-0.39, 0.29) is 18.2 Å². The Kier molecular flexibility index (Phi) is 5.27. The third-order valence-electron chi connectivity index (χ3n) is 4.25. The maximum absolute atomic E-state index is 12.0. The molecule has 4 nitrogen and oxygen atoms in total. The highest BCUT2D eigenvalue weighted by Gasteiger charge is 2.54. The van der Waals surface area contributed by atoms with Crippen molar-refractivity contribution in [1.29, 1.82) is 0 Å². The lowest BCUT2D eigenvalue weighted by Crippen LogP contribution is -2.41. The molecule has 0 N–H and O–H groups in total. The molecule has 1 aromatic heterocycles. The Morgan fingerprint density at radius 2 is 1.91 bits per heavy atom. The van der Waals surface area contributed by atoms with E-state index in [0.29, 0.717) is 10.9 Å². The number of esters is 1. The molecule has 1 saturated heterocycles. The molecule has 2 rings (SSSR count). The number of ether oxygens (including phenoxy) is 1. The Morgan fingerprint density at radius 3 is 2.36 bits per heavy atom. The van der Waals surface area contributed by atoms with Crippen LogP contribution in [0.4, 0.5) is 0 Å². The van der Waals surface area contributed by atoms with Crippen LogP contribution in [0.25, 0.3) is 0 Å². The number of rotatable bonds is 5. The normalized spacial score (nSPS) is 20.9. The van der Waals surface area contributed by atoms with E-state index in [4.69, 9.17) is 25.6 Å². The van der Waals surface area contributed by atoms with E-state index in [1.165, 1.54) is 11.3 Å². The van der Waals surface area contributed by atoms with Gasteiger partial charge in [0.2, 0.25) is 0 Å². The van der Waals surface area contributed by atoms with Crippen molar-refractivity contribution in [3.63, 3.8) is 0 Å². The predicted octanol–water partition coefficient (Wildman–Crippen LogP) is 4.07. The van der Waals surface area contributed by atoms with Crippen molar-refractivity contribution in [1.82, 2.24) is 0 Å². The Bertz CT molecular complexity index is 527. The SMILES string of the molecule is CCOC(=O)CC(B1OC(C)(C)C(C)(C)O1)c1ccc(Cl)s1. The molecule has 0 aromatic carbocycles. The molecular weight excluding hydrogens is 322 g/mol. The van der Waals surface area contributed by atoms with Gasteiger partial charge in [0.25, 0.3) is 0 Å². The third-order valence-corrected chi connectivity index (χ3v) is 5.61. The first kappa shape index (κ1) is 17.8. The average molecular weight is 345 g/mol. The van der Waals surface area contributed by atoms with Gasteiger partial charge >= 0.3 is 13.1 Å². The molecule has 122 valence electrons. The number of carbonyl (C=O) groups excluding carboxylic acids is 1. The Balaban J connectivity index is 2.24. The van der Waals surface area contributed by atoms with Gasteiger partial charge in [-0.3, -0.25) is 4.79 Å². The van der Waals surface area contributed by atoms with Crippen LogP contribution in [-0.2, 0) is 18.8 Å². The molecule has 1 fully saturated rings. The minimum Gasteiger partial charge on any atom is -0.466 e. The summed E-state index contributed by atoms with van der Waals surface area (Å²) in [5.74, 6) is -0.482. The van der Waals surface area contributed by atoms with Gasteiger partial charge in [-0.2, -0.15) is 0 Å². The number of hydrogen-bond acceptors (Lipinski definition) is 5. The largest absolute Gasteiger partial charge is 0.467 e. The van der Waals surface area contributed by atoms with E-state index < -0.39 is 18.3 Å². The number of carbonyl (C=O) groups is 1. The van der Waals surface area contributed by atoms with Crippen LogP contribution in [0.3, 0.4) is 0 Å². The quantitative estimate of drug-likeness (QED) is 0.596. The predicted molar refractivity (Wildman–Crippen MR) is 89.4 cm³/mol. The lowest BCUT2D eigenvalue weighted by molar-refractivity contribution is -0.143. The fourth-order valence-corrected chi connectivity index (χ4v) is 3.48. The van der Waals surface area contributed by atoms with E-state index in [9.17, 15) is 4.79 Å². The molecular formula is C15H22BClO4S. The summed E-state index contributed by atoms with van der Waals surface area (Å²) in [7, 11) is -0.496. The zero-order valence-electron chi connectivity index (χ0n) is 13.6. The Morgan fingerprint density at radius 1 is 1.32 bits per heavy atom. The fourth-order valence-electron chi connectivity index (χ4n) is 2.31. The van der Waals surface area contributed by atoms with E-state index in [0.717, 1.165) is 4.88 Å². The molecule has 1 aliphatic rings. The maximum atomic E-state index is 12.0. The summed E-state index contributed by atoms with van der Waals surface area (Å²) in [6.45, 7) is 10.1. The molecule has 1 aromatic rings. The summed E-state index contributed by atoms with van der Waals surface area (Å²) in [5.41, 5.74) is -0.878. The summed E-state index contributed by atoms with van der Waals surface area (Å²) in [6.07, 6.45) is 0.210. The van der Waals surface area contributed by atoms with Crippen LogP contribution in [-0.4, -0.2) is 30.9 Å². The summed E-state index contributed by atoms with van der Waals surface area (Å²) in [5, 5.41) is 0. The monoisotopic (exact) mass is 344 g/mol. The molecule has 0 bridgehead atoms. The van der Waals surface area contributed by atoms with Crippen LogP contribution < -0.4 is 0 Å². The number of halogens is 1. The van der Waals surface area contributed by atoms with Crippen molar-refractivity contribution in [2.45, 2.75) is 58.1 Å². The molecule has 0 aliphatic carbocycles. The molecule has 0 amide bonds. The van der Waals surface area contributed by atoms with E-state index in [1.54, 1.807) is 6.92 Å². The van der Waals surface area contributed by atoms with Gasteiger partial charge in [0, 0.05) is 10.7 Å². The zero-order valence-corrected chi connectivity index (χ0v) is 15.2. The Labute approximate surface area is 141 Å². The van der Waals surface area contributed by atoms with Crippen molar-refractivity contribution in [2.75, 3.05) is 6.61 Å². The lowest BCUT2D eigenvalue weighted by Gasteiger charge is -2.32. The van der Waals surface area contributed by atoms with Gasteiger partial charge in [-0.05, 0) is 46.8 Å². The van der Waals surface area contributed by atoms with Crippen molar-refractivity contribution in [3.05, 3.63) is 21.3 Å². The molecule has 1 unspecified atom stereocenters. The summed E-state index contributed by atoms with van der Waals surface area (Å²) in [4.78, 5) is 12.9. The van der Waals surface area contributed by atoms with Crippen LogP contribution in [0.2, 0.25) is 4.34 Å². The summed E-state index contributed by atoms with van der Waals surface area (Å²) < 4.78 is 18.0. The first-order chi connectivity index (χ1) is 10.2. The van der Waals surface area contributed by atoms with E-state index >= 15 is 0 Å². The molecule has 2 heterocycles. The van der Waals surface area contributed by atoms with Gasteiger partial charge in [0.15, 0.2) is 0 Å². The molecule has 0 spiro atoms. The second kappa shape index (κ2) is 6.52. The first-order valence-electron chi connectivity index (χ1n) is 7.43. The van der Waals surface area contributed by atoms with E-state index in [2.05, 4.69) is 0 Å². The summed E-state index contributed by atoms with van der Waals surface area (Å²) >= 11 is 7.48. The van der Waals surface area contributed by atoms with Crippen LogP contribution in [0.5, 0.6) is 0 Å². The lowest BCUT2D eigenvalue weighted by atomic mass is 9.69. The van der Waals surface area contributed by atoms with Gasteiger partial charge < -0.3 is 14.0 Å². The van der Waals surface area contributed by atoms with Crippen LogP contribution in [0.1, 0.15) is 51.7 Å². The molecule has 1 atom stereocenters. The topological polar surface area (TPSA) is 44.8 Å². The number of hydrogen-bond donors (Lipinski definition) is 0. The van der Waals surface area contributed by atoms with Gasteiger partial charge in [-0.25, -0.2) is 0 Å². The second-order valence-electron chi connectivity index (χ2n) is 6.38. The smallest absolute Gasteiger partial charge is 0.466 e. The van der Waals surface area contributed by atoms with E-state index in [1.807, 2.05) is 39.8 Å². The Hall–Kier alpha value is -0.555. The molecule has 7 heteroatoms. The van der Waals surface area contributed by atoms with Crippen molar-refractivity contribution in [3.8, 4) is 0 Å². The van der Waals surface area contributed by atoms with Gasteiger partial charge in [-0.15, -0.1) is 11.3 Å². The standard InChI is InChI=1S/C15H22BClO4S/c1-6-19-13(18)9-10(11-7-8-12(17)22-11)16-20-14(2,3)15(4,5)21-16/h7-8,10H,6,9H2,1-5H3. The first-order valence-corrected chi connectivity index (χ1v) is 8.62. The van der Waals surface area contributed by atoms with Crippen molar-refractivity contribution < 1.29 is 18.8 Å². The highest BCUT2D eigenvalue weighted by atomic mass is 35.5. The highest BCUT2D eigenvalue weighted by Crippen LogP contribution is 2.43. The third kappa shape index (κ3) is 3.67. The van der Waals surface area contributed by atoms with Crippen LogP contribution in [0.15, 0.2) is 12.1 Å². The van der Waals surface area contributed by atoms with Gasteiger partial charge in [0.05, 0.1) is 28.6 Å². The minimum absolute atomic E-state index is 0.210. The minimum atomic E-state index is -0.496. The summed E-state index contributed by atoms with van der Waals surface area (Å²) in [6, 6.07) is 3.74. The second-order valence-corrected chi connectivity index (χ2v) is 8.13. The van der Waals surface area contributed by atoms with Crippen molar-refractivity contribution >= 4 is 36.0 Å². The zero-order chi connectivity index (χ0) is 16.5.